The van der Waals surface area contributed by atoms with Gasteiger partial charge in [-0.15, -0.1) is 0 Å². The number of carbonyl (C=O) groups is 4. The highest BCUT2D eigenvalue weighted by atomic mass is 19.4. The fourth-order valence-corrected chi connectivity index (χ4v) is 7.30. The van der Waals surface area contributed by atoms with Crippen molar-refractivity contribution >= 4 is 40.2 Å². The molecule has 2 aliphatic heterocycles. The third-order valence-corrected chi connectivity index (χ3v) is 9.97. The third kappa shape index (κ3) is 7.20. The molecule has 1 aliphatic carbocycles. The first kappa shape index (κ1) is 35.3. The number of amides is 3. The molecule has 2 N–H and O–H groups in total. The molecule has 3 aromatic rings. The molecule has 3 aliphatic rings. The van der Waals surface area contributed by atoms with Crippen molar-refractivity contribution in [1.82, 2.24) is 25.0 Å². The Hall–Kier alpha value is -4.49. The topological polar surface area (TPSA) is 136 Å². The molecule has 4 heterocycles. The van der Waals surface area contributed by atoms with Crippen LogP contribution >= 0.6 is 0 Å². The smallest absolute Gasteiger partial charge is 0.433 e. The highest BCUT2D eigenvalue weighted by Gasteiger charge is 2.67. The van der Waals surface area contributed by atoms with E-state index in [4.69, 9.17) is 4.74 Å². The molecule has 14 heteroatoms. The molecule has 50 heavy (non-hydrogen) atoms. The lowest BCUT2D eigenvalue weighted by Crippen LogP contribution is -2.47. The van der Waals surface area contributed by atoms with Crippen LogP contribution in [0.2, 0.25) is 0 Å². The van der Waals surface area contributed by atoms with Gasteiger partial charge < -0.3 is 20.3 Å². The molecule has 1 saturated carbocycles. The van der Waals surface area contributed by atoms with Crippen molar-refractivity contribution in [1.29, 1.82) is 0 Å². The number of alkyl halides is 3. The van der Waals surface area contributed by atoms with Crippen LogP contribution in [0.25, 0.3) is 10.9 Å². The number of nitrogens with one attached hydrogen (secondary N) is 2. The maximum atomic E-state index is 14.3. The average Bonchev–Trinajstić information content (AvgIpc) is 3.46. The standard InChI is InChI=1S/C36H43F3N6O5/c1-20(2)18-50-24-13-23-9-7-5-6-8-10-29(47)40-19-35-15-26(34(49)42-33-21(3)11-12-27(41-33)36(37,38)39)45(28(35)16-35)30(48)17-44-32(23)25(14-24)31(43-44)22(4)46/h11-14,20,26,28H,5-10,15-19H2,1-4H3,(H,40,47)(H,41,42,49)/t26-,28+,35-/m0/s1. The normalized spacial score (nSPS) is 23.0. The van der Waals surface area contributed by atoms with Crippen LogP contribution in [0.5, 0.6) is 5.75 Å². The number of hydrogen-bond acceptors (Lipinski definition) is 7. The lowest BCUT2D eigenvalue weighted by molar-refractivity contribution is -0.141. The maximum Gasteiger partial charge on any atom is 0.433 e. The summed E-state index contributed by atoms with van der Waals surface area (Å²) in [5, 5.41) is 10.8. The monoisotopic (exact) mass is 696 g/mol. The van der Waals surface area contributed by atoms with Crippen LogP contribution in [-0.4, -0.2) is 68.4 Å². The Morgan fingerprint density at radius 3 is 2.54 bits per heavy atom. The Balaban J connectivity index is 1.38. The van der Waals surface area contributed by atoms with Crippen molar-refractivity contribution in [2.45, 2.75) is 104 Å². The molecule has 268 valence electrons. The molecule has 3 atom stereocenters. The van der Waals surface area contributed by atoms with Gasteiger partial charge in [0, 0.05) is 36.7 Å². The van der Waals surface area contributed by atoms with E-state index < -0.39 is 35.1 Å². The summed E-state index contributed by atoms with van der Waals surface area (Å²) in [7, 11) is 0. The van der Waals surface area contributed by atoms with E-state index in [1.807, 2.05) is 19.9 Å². The van der Waals surface area contributed by atoms with E-state index in [1.165, 1.54) is 29.5 Å². The number of nitrogens with zero attached hydrogens (tertiary/aromatic N) is 4. The lowest BCUT2D eigenvalue weighted by Gasteiger charge is -2.27. The summed E-state index contributed by atoms with van der Waals surface area (Å²) >= 11 is 0. The van der Waals surface area contributed by atoms with Crippen LogP contribution in [-0.2, 0) is 33.5 Å². The van der Waals surface area contributed by atoms with E-state index in [-0.39, 0.29) is 54.7 Å². The number of ether oxygens (including phenoxy) is 1. The summed E-state index contributed by atoms with van der Waals surface area (Å²) in [6, 6.07) is 4.40. The zero-order chi connectivity index (χ0) is 36.0. The predicted molar refractivity (Wildman–Crippen MR) is 179 cm³/mol. The molecular weight excluding hydrogens is 653 g/mol. The highest BCUT2D eigenvalue weighted by molar-refractivity contribution is 6.06. The van der Waals surface area contributed by atoms with E-state index in [0.717, 1.165) is 30.9 Å². The SMILES string of the molecule is CC(=O)c1nn2c3c(cc(OCC(C)C)cc13)CCCCCCC(=O)NC[C@@]13C[C@@H](C(=O)Nc4nc(C(F)(F)F)ccc4C)N(C(=O)C2)[C@@H]1C3. The van der Waals surface area contributed by atoms with Gasteiger partial charge in [-0.05, 0) is 74.3 Å². The molecular formula is C36H43F3N6O5. The lowest BCUT2D eigenvalue weighted by atomic mass is 9.98. The maximum absolute atomic E-state index is 14.3. The molecule has 3 amide bonds. The quantitative estimate of drug-likeness (QED) is 0.320. The zero-order valence-electron chi connectivity index (χ0n) is 28.8. The van der Waals surface area contributed by atoms with Gasteiger partial charge >= 0.3 is 6.18 Å². The first-order valence-corrected chi connectivity index (χ1v) is 17.3. The Morgan fingerprint density at radius 2 is 1.84 bits per heavy atom. The van der Waals surface area contributed by atoms with Gasteiger partial charge in [-0.3, -0.25) is 23.9 Å². The second-order valence-corrected chi connectivity index (χ2v) is 14.4. The van der Waals surface area contributed by atoms with Gasteiger partial charge in [0.2, 0.25) is 17.7 Å². The minimum atomic E-state index is -4.71. The Labute approximate surface area is 288 Å². The number of carbonyl (C=O) groups excluding carboxylic acids is 4. The highest BCUT2D eigenvalue weighted by Crippen LogP contribution is 2.59. The fourth-order valence-electron chi connectivity index (χ4n) is 7.30. The van der Waals surface area contributed by atoms with Crippen molar-refractivity contribution < 1.29 is 37.1 Å². The van der Waals surface area contributed by atoms with Crippen molar-refractivity contribution in [2.75, 3.05) is 18.5 Å². The van der Waals surface area contributed by atoms with Gasteiger partial charge in [0.1, 0.15) is 35.5 Å². The summed E-state index contributed by atoms with van der Waals surface area (Å²) in [4.78, 5) is 59.0. The second-order valence-electron chi connectivity index (χ2n) is 14.4. The number of Topliss-reactive ketones (excluding diaryl/α,β-unsaturated/α-hetero) is 1. The summed E-state index contributed by atoms with van der Waals surface area (Å²) in [5.74, 6) is -0.816. The third-order valence-electron chi connectivity index (χ3n) is 9.97. The number of halogens is 3. The van der Waals surface area contributed by atoms with E-state index in [0.29, 0.717) is 54.5 Å². The van der Waals surface area contributed by atoms with Crippen molar-refractivity contribution in [3.8, 4) is 5.75 Å². The van der Waals surface area contributed by atoms with Crippen LogP contribution in [0.3, 0.4) is 0 Å². The first-order chi connectivity index (χ1) is 23.7. The van der Waals surface area contributed by atoms with Crippen LogP contribution in [0.1, 0.15) is 93.0 Å². The Bertz CT molecular complexity index is 1840. The number of pyridine rings is 1. The second kappa shape index (κ2) is 13.7. The molecule has 1 aromatic carbocycles. The fraction of sp³-hybridized carbons (Fsp3) is 0.556. The van der Waals surface area contributed by atoms with Gasteiger partial charge in [-0.2, -0.15) is 18.3 Å². The number of hydrogen-bond donors (Lipinski definition) is 2. The number of rotatable bonds is 6. The molecule has 2 bridgehead atoms. The van der Waals surface area contributed by atoms with E-state index in [9.17, 15) is 32.3 Å². The molecule has 0 spiro atoms. The zero-order valence-corrected chi connectivity index (χ0v) is 28.8. The van der Waals surface area contributed by atoms with Crippen LogP contribution < -0.4 is 15.4 Å². The van der Waals surface area contributed by atoms with Gasteiger partial charge in [0.15, 0.2) is 5.78 Å². The average molecular weight is 697 g/mol. The van der Waals surface area contributed by atoms with Crippen molar-refractivity contribution in [3.63, 3.8) is 0 Å². The minimum absolute atomic E-state index is 0.0995. The van der Waals surface area contributed by atoms with E-state index in [2.05, 4.69) is 20.7 Å². The Kier molecular flexibility index (Phi) is 9.66. The van der Waals surface area contributed by atoms with Gasteiger partial charge in [0.25, 0.3) is 0 Å². The molecule has 0 radical (unpaired) electrons. The number of piperidine rings is 1. The number of ketones is 1. The summed E-state index contributed by atoms with van der Waals surface area (Å²) in [6.45, 7) is 7.52. The summed E-state index contributed by atoms with van der Waals surface area (Å²) < 4.78 is 48.0. The number of aromatic nitrogens is 3. The Morgan fingerprint density at radius 1 is 1.10 bits per heavy atom. The van der Waals surface area contributed by atoms with Crippen LogP contribution in [0.15, 0.2) is 24.3 Å². The number of anilines is 1. The minimum Gasteiger partial charge on any atom is -0.493 e. The van der Waals surface area contributed by atoms with Crippen molar-refractivity contribution in [3.05, 3.63) is 46.8 Å². The molecule has 2 aromatic heterocycles. The van der Waals surface area contributed by atoms with Crippen LogP contribution in [0.4, 0.5) is 19.0 Å². The predicted octanol–water partition coefficient (Wildman–Crippen LogP) is 5.62. The largest absolute Gasteiger partial charge is 0.493 e. The van der Waals surface area contributed by atoms with E-state index in [1.54, 1.807) is 6.07 Å². The molecule has 11 nitrogen and oxygen atoms in total. The number of aryl methyl sites for hydroxylation is 2. The van der Waals surface area contributed by atoms with Gasteiger partial charge in [-0.25, -0.2) is 4.98 Å². The molecule has 2 fully saturated rings. The number of benzene rings is 1. The van der Waals surface area contributed by atoms with Crippen LogP contribution in [0, 0.1) is 18.3 Å². The summed E-state index contributed by atoms with van der Waals surface area (Å²) in [6.07, 6.45) is 0.296. The molecule has 6 rings (SSSR count). The van der Waals surface area contributed by atoms with Gasteiger partial charge in [0.05, 0.1) is 12.1 Å². The van der Waals surface area contributed by atoms with Crippen molar-refractivity contribution in [2.24, 2.45) is 11.3 Å². The van der Waals surface area contributed by atoms with E-state index >= 15 is 0 Å². The molecule has 0 unspecified atom stereocenters. The molecule has 1 saturated heterocycles. The first-order valence-electron chi connectivity index (χ1n) is 17.3. The van der Waals surface area contributed by atoms with Gasteiger partial charge in [-0.1, -0.05) is 32.8 Å². The summed E-state index contributed by atoms with van der Waals surface area (Å²) in [5.41, 5.74) is 0.366.